The number of halogens is 1. The summed E-state index contributed by atoms with van der Waals surface area (Å²) in [6.07, 6.45) is 2.58. The van der Waals surface area contributed by atoms with E-state index in [2.05, 4.69) is 39.4 Å². The lowest BCUT2D eigenvalue weighted by molar-refractivity contribution is 0.0694. The molecular formula is C12H16BrNO. The van der Waals surface area contributed by atoms with Crippen LogP contribution < -0.4 is 5.32 Å². The Morgan fingerprint density at radius 3 is 3.13 bits per heavy atom. The molecule has 0 aromatic heterocycles. The summed E-state index contributed by atoms with van der Waals surface area (Å²) >= 11 is 3.47. The van der Waals surface area contributed by atoms with Crippen molar-refractivity contribution in [1.82, 2.24) is 5.32 Å². The monoisotopic (exact) mass is 269 g/mol. The highest BCUT2D eigenvalue weighted by Crippen LogP contribution is 2.12. The molecule has 2 rings (SSSR count). The van der Waals surface area contributed by atoms with Gasteiger partial charge in [0.2, 0.25) is 0 Å². The van der Waals surface area contributed by atoms with E-state index in [0.717, 1.165) is 37.0 Å². The van der Waals surface area contributed by atoms with Crippen LogP contribution >= 0.6 is 15.9 Å². The van der Waals surface area contributed by atoms with Gasteiger partial charge in [0.1, 0.15) is 0 Å². The minimum atomic E-state index is 0.428. The standard InChI is InChI=1S/C12H16BrNO/c13-11-3-1-2-10(8-11)5-7-15-12-4-6-14-9-12/h1-3,8,12,14H,4-7,9H2. The molecule has 0 aliphatic carbocycles. The highest BCUT2D eigenvalue weighted by atomic mass is 79.9. The van der Waals surface area contributed by atoms with Crippen LogP contribution in [0.15, 0.2) is 28.7 Å². The molecule has 3 heteroatoms. The number of ether oxygens (including phenoxy) is 1. The van der Waals surface area contributed by atoms with E-state index in [1.54, 1.807) is 0 Å². The Bertz CT molecular complexity index is 310. The van der Waals surface area contributed by atoms with Crippen molar-refractivity contribution in [2.45, 2.75) is 18.9 Å². The zero-order chi connectivity index (χ0) is 10.5. The third-order valence-electron chi connectivity index (χ3n) is 2.65. The van der Waals surface area contributed by atoms with E-state index in [0.29, 0.717) is 6.10 Å². The van der Waals surface area contributed by atoms with Crippen LogP contribution in [-0.4, -0.2) is 25.8 Å². The fraction of sp³-hybridized carbons (Fsp3) is 0.500. The number of rotatable bonds is 4. The summed E-state index contributed by atoms with van der Waals surface area (Å²) in [5.41, 5.74) is 1.33. The van der Waals surface area contributed by atoms with Crippen molar-refractivity contribution < 1.29 is 4.74 Å². The second-order valence-electron chi connectivity index (χ2n) is 3.87. The van der Waals surface area contributed by atoms with Crippen molar-refractivity contribution in [3.8, 4) is 0 Å². The highest BCUT2D eigenvalue weighted by molar-refractivity contribution is 9.10. The minimum Gasteiger partial charge on any atom is -0.377 e. The van der Waals surface area contributed by atoms with Crippen LogP contribution in [0, 0.1) is 0 Å². The molecule has 1 fully saturated rings. The first-order chi connectivity index (χ1) is 7.34. The van der Waals surface area contributed by atoms with E-state index in [-0.39, 0.29) is 0 Å². The van der Waals surface area contributed by atoms with Crippen LogP contribution in [0.1, 0.15) is 12.0 Å². The lowest BCUT2D eigenvalue weighted by Gasteiger charge is -2.10. The topological polar surface area (TPSA) is 21.3 Å². The first kappa shape index (κ1) is 11.1. The lowest BCUT2D eigenvalue weighted by atomic mass is 10.2. The average molecular weight is 270 g/mol. The van der Waals surface area contributed by atoms with Crippen LogP contribution in [0.25, 0.3) is 0 Å². The van der Waals surface area contributed by atoms with Crippen molar-refractivity contribution in [2.24, 2.45) is 0 Å². The summed E-state index contributed by atoms with van der Waals surface area (Å²) in [5.74, 6) is 0. The molecule has 0 saturated carbocycles. The number of hydrogen-bond donors (Lipinski definition) is 1. The van der Waals surface area contributed by atoms with Crippen molar-refractivity contribution in [2.75, 3.05) is 19.7 Å². The van der Waals surface area contributed by atoms with Crippen LogP contribution in [0.2, 0.25) is 0 Å². The second kappa shape index (κ2) is 5.64. The SMILES string of the molecule is Brc1cccc(CCOC2CCNC2)c1. The van der Waals surface area contributed by atoms with Crippen molar-refractivity contribution in [3.63, 3.8) is 0 Å². The third kappa shape index (κ3) is 3.59. The van der Waals surface area contributed by atoms with Gasteiger partial charge in [0.25, 0.3) is 0 Å². The van der Waals surface area contributed by atoms with E-state index in [4.69, 9.17) is 4.74 Å². The number of hydrogen-bond acceptors (Lipinski definition) is 2. The summed E-state index contributed by atoms with van der Waals surface area (Å²) in [5, 5.41) is 3.30. The molecule has 15 heavy (non-hydrogen) atoms. The van der Waals surface area contributed by atoms with Gasteiger partial charge >= 0.3 is 0 Å². The van der Waals surface area contributed by atoms with Gasteiger partial charge in [-0.3, -0.25) is 0 Å². The van der Waals surface area contributed by atoms with Crippen LogP contribution in [0.4, 0.5) is 0 Å². The summed E-state index contributed by atoms with van der Waals surface area (Å²) in [6, 6.07) is 8.40. The molecule has 0 spiro atoms. The minimum absolute atomic E-state index is 0.428. The maximum Gasteiger partial charge on any atom is 0.0711 e. The summed E-state index contributed by atoms with van der Waals surface area (Å²) in [7, 11) is 0. The molecule has 1 aliphatic rings. The Balaban J connectivity index is 1.73. The second-order valence-corrected chi connectivity index (χ2v) is 4.78. The fourth-order valence-corrected chi connectivity index (χ4v) is 2.25. The zero-order valence-electron chi connectivity index (χ0n) is 8.71. The maximum absolute atomic E-state index is 5.77. The Morgan fingerprint density at radius 2 is 2.40 bits per heavy atom. The van der Waals surface area contributed by atoms with Crippen LogP contribution in [-0.2, 0) is 11.2 Å². The summed E-state index contributed by atoms with van der Waals surface area (Å²) in [4.78, 5) is 0. The Labute approximate surface area is 99.1 Å². The Hall–Kier alpha value is -0.380. The average Bonchev–Trinajstić information content (AvgIpc) is 2.71. The largest absolute Gasteiger partial charge is 0.377 e. The summed E-state index contributed by atoms with van der Waals surface area (Å²) in [6.45, 7) is 2.93. The van der Waals surface area contributed by atoms with Gasteiger partial charge in [-0.05, 0) is 37.1 Å². The van der Waals surface area contributed by atoms with Crippen molar-refractivity contribution >= 4 is 15.9 Å². The van der Waals surface area contributed by atoms with Gasteiger partial charge in [-0.2, -0.15) is 0 Å². The molecule has 1 aromatic carbocycles. The van der Waals surface area contributed by atoms with Gasteiger partial charge in [0, 0.05) is 11.0 Å². The quantitative estimate of drug-likeness (QED) is 0.907. The molecule has 1 heterocycles. The molecular weight excluding hydrogens is 254 g/mol. The molecule has 0 bridgehead atoms. The Kier molecular flexibility index (Phi) is 4.18. The fourth-order valence-electron chi connectivity index (χ4n) is 1.81. The summed E-state index contributed by atoms with van der Waals surface area (Å²) < 4.78 is 6.91. The van der Waals surface area contributed by atoms with Crippen molar-refractivity contribution in [1.29, 1.82) is 0 Å². The van der Waals surface area contributed by atoms with E-state index < -0.39 is 0 Å². The molecule has 2 nitrogen and oxygen atoms in total. The van der Waals surface area contributed by atoms with Gasteiger partial charge in [-0.15, -0.1) is 0 Å². The van der Waals surface area contributed by atoms with E-state index in [1.165, 1.54) is 5.56 Å². The lowest BCUT2D eigenvalue weighted by Crippen LogP contribution is -2.17. The molecule has 1 aliphatic heterocycles. The zero-order valence-corrected chi connectivity index (χ0v) is 10.3. The van der Waals surface area contributed by atoms with E-state index in [9.17, 15) is 0 Å². The van der Waals surface area contributed by atoms with Crippen LogP contribution in [0.5, 0.6) is 0 Å². The molecule has 1 unspecified atom stereocenters. The molecule has 1 aromatic rings. The first-order valence-electron chi connectivity index (χ1n) is 5.41. The molecule has 1 N–H and O–H groups in total. The third-order valence-corrected chi connectivity index (χ3v) is 3.14. The van der Waals surface area contributed by atoms with E-state index in [1.807, 2.05) is 6.07 Å². The predicted octanol–water partition coefficient (Wildman–Crippen LogP) is 2.37. The predicted molar refractivity (Wildman–Crippen MR) is 65.1 cm³/mol. The Morgan fingerprint density at radius 1 is 1.47 bits per heavy atom. The first-order valence-corrected chi connectivity index (χ1v) is 6.20. The maximum atomic E-state index is 5.77. The van der Waals surface area contributed by atoms with Gasteiger partial charge in [0.15, 0.2) is 0 Å². The highest BCUT2D eigenvalue weighted by Gasteiger charge is 2.13. The molecule has 1 atom stereocenters. The number of benzene rings is 1. The van der Waals surface area contributed by atoms with Gasteiger partial charge in [-0.1, -0.05) is 28.1 Å². The molecule has 0 amide bonds. The van der Waals surface area contributed by atoms with Gasteiger partial charge in [0.05, 0.1) is 12.7 Å². The van der Waals surface area contributed by atoms with Crippen LogP contribution in [0.3, 0.4) is 0 Å². The normalized spacial score (nSPS) is 20.7. The van der Waals surface area contributed by atoms with Gasteiger partial charge < -0.3 is 10.1 Å². The number of nitrogens with one attached hydrogen (secondary N) is 1. The van der Waals surface area contributed by atoms with Gasteiger partial charge in [-0.25, -0.2) is 0 Å². The molecule has 0 radical (unpaired) electrons. The van der Waals surface area contributed by atoms with E-state index >= 15 is 0 Å². The molecule has 1 saturated heterocycles. The smallest absolute Gasteiger partial charge is 0.0711 e. The molecule has 82 valence electrons. The van der Waals surface area contributed by atoms with Crippen molar-refractivity contribution in [3.05, 3.63) is 34.3 Å².